The van der Waals surface area contributed by atoms with Crippen LogP contribution in [0.1, 0.15) is 11.7 Å². The Morgan fingerprint density at radius 2 is 1.91 bits per heavy atom. The van der Waals surface area contributed by atoms with E-state index < -0.39 is 0 Å². The number of para-hydroxylation sites is 3. The minimum Gasteiger partial charge on any atom is -0.496 e. The Bertz CT molecular complexity index is 883. The number of H-pyrrole nitrogens is 1. The molecule has 6 heteroatoms. The topological polar surface area (TPSA) is 79.3 Å². The molecule has 4 N–H and O–H groups in total. The Hall–Kier alpha value is -3.02. The largest absolute Gasteiger partial charge is 0.496 e. The molecule has 0 unspecified atom stereocenters. The van der Waals surface area contributed by atoms with Crippen LogP contribution in [0, 0.1) is 0 Å². The molecule has 1 aromatic heterocycles. The number of nitrogens with zero attached hydrogens (tertiary/aromatic N) is 2. The molecule has 6 nitrogen and oxygen atoms in total. The average Bonchev–Trinajstić information content (AvgIpc) is 2.92. The lowest BCUT2D eigenvalue weighted by molar-refractivity contribution is -0.674. The van der Waals surface area contributed by atoms with Gasteiger partial charge in [0.25, 0.3) is 5.96 Å². The van der Waals surface area contributed by atoms with Crippen LogP contribution in [0.5, 0.6) is 5.75 Å². The van der Waals surface area contributed by atoms with Crippen molar-refractivity contribution in [3.63, 3.8) is 0 Å². The predicted molar refractivity (Wildman–Crippen MR) is 84.9 cm³/mol. The van der Waals surface area contributed by atoms with Gasteiger partial charge in [0.15, 0.2) is 0 Å². The quantitative estimate of drug-likeness (QED) is 0.630. The molecular weight excluding hydrogens is 278 g/mol. The number of nitrogens with two attached hydrogens (primary N) is 1. The summed E-state index contributed by atoms with van der Waals surface area (Å²) >= 11 is 0. The van der Waals surface area contributed by atoms with Gasteiger partial charge in [-0.05, 0) is 24.3 Å². The third-order valence-electron chi connectivity index (χ3n) is 3.83. The van der Waals surface area contributed by atoms with Gasteiger partial charge in [-0.15, -0.1) is 0 Å². The highest BCUT2D eigenvalue weighted by atomic mass is 16.5. The van der Waals surface area contributed by atoms with Gasteiger partial charge in [-0.2, -0.15) is 4.99 Å². The van der Waals surface area contributed by atoms with Gasteiger partial charge in [0, 0.05) is 0 Å². The monoisotopic (exact) mass is 294 g/mol. The zero-order valence-electron chi connectivity index (χ0n) is 12.1. The van der Waals surface area contributed by atoms with E-state index in [9.17, 15) is 0 Å². The fourth-order valence-electron chi connectivity index (χ4n) is 2.87. The van der Waals surface area contributed by atoms with Crippen molar-refractivity contribution in [2.24, 2.45) is 10.7 Å². The number of hydrogen-bond donors (Lipinski definition) is 3. The second-order valence-corrected chi connectivity index (χ2v) is 5.12. The zero-order chi connectivity index (χ0) is 15.1. The Balaban J connectivity index is 1.98. The van der Waals surface area contributed by atoms with E-state index >= 15 is 0 Å². The molecule has 22 heavy (non-hydrogen) atoms. The smallest absolute Gasteiger partial charge is 0.365 e. The van der Waals surface area contributed by atoms with Crippen molar-refractivity contribution < 1.29 is 9.30 Å². The van der Waals surface area contributed by atoms with Gasteiger partial charge in [0.1, 0.15) is 16.8 Å². The summed E-state index contributed by atoms with van der Waals surface area (Å²) in [5.41, 5.74) is 8.99. The number of hydrogen-bond acceptors (Lipinski definition) is 4. The Labute approximate surface area is 127 Å². The molecule has 2 aromatic carbocycles. The Morgan fingerprint density at radius 1 is 1.14 bits per heavy atom. The fraction of sp³-hybridized carbons (Fsp3) is 0.125. The molecular formula is C16H16N5O+. The molecule has 1 aliphatic rings. The van der Waals surface area contributed by atoms with Crippen LogP contribution in [0.25, 0.3) is 11.0 Å². The highest BCUT2D eigenvalue weighted by Gasteiger charge is 2.32. The molecule has 0 radical (unpaired) electrons. The molecule has 1 atom stereocenters. The molecule has 0 saturated carbocycles. The van der Waals surface area contributed by atoms with Crippen molar-refractivity contribution in [3.8, 4) is 5.75 Å². The molecule has 0 aliphatic carbocycles. The predicted octanol–water partition coefficient (Wildman–Crippen LogP) is 1.75. The lowest BCUT2D eigenvalue weighted by atomic mass is 10.1. The number of aromatic amines is 1. The second kappa shape index (κ2) is 4.77. The third-order valence-corrected chi connectivity index (χ3v) is 3.83. The maximum atomic E-state index is 5.96. The van der Waals surface area contributed by atoms with Gasteiger partial charge >= 0.3 is 5.95 Å². The molecule has 110 valence electrons. The van der Waals surface area contributed by atoms with Crippen LogP contribution in [0.2, 0.25) is 0 Å². The van der Waals surface area contributed by atoms with Gasteiger partial charge in [0.05, 0.1) is 12.7 Å². The van der Waals surface area contributed by atoms with Crippen LogP contribution < -0.4 is 20.4 Å². The minimum absolute atomic E-state index is 0.274. The highest BCUT2D eigenvalue weighted by molar-refractivity contribution is 5.92. The van der Waals surface area contributed by atoms with Crippen molar-refractivity contribution in [1.82, 2.24) is 4.98 Å². The van der Waals surface area contributed by atoms with Crippen LogP contribution in [0.4, 0.5) is 5.95 Å². The number of guanidine groups is 1. The van der Waals surface area contributed by atoms with Crippen LogP contribution in [-0.2, 0) is 0 Å². The van der Waals surface area contributed by atoms with Gasteiger partial charge in [-0.3, -0.25) is 0 Å². The summed E-state index contributed by atoms with van der Waals surface area (Å²) in [7, 11) is 1.66. The van der Waals surface area contributed by atoms with E-state index in [1.54, 1.807) is 7.11 Å². The molecule has 3 aromatic rings. The van der Waals surface area contributed by atoms with Crippen molar-refractivity contribution in [1.29, 1.82) is 0 Å². The lowest BCUT2D eigenvalue weighted by Crippen LogP contribution is -2.48. The molecule has 0 saturated heterocycles. The Morgan fingerprint density at radius 3 is 2.77 bits per heavy atom. The molecule has 2 heterocycles. The van der Waals surface area contributed by atoms with Crippen molar-refractivity contribution in [3.05, 3.63) is 54.1 Å². The van der Waals surface area contributed by atoms with E-state index in [0.717, 1.165) is 28.3 Å². The SMILES string of the molecule is COc1ccccc1[C@H]1N=C(N)Nc2[nH]c3ccccc3[n+]21. The van der Waals surface area contributed by atoms with E-state index in [0.29, 0.717) is 5.96 Å². The van der Waals surface area contributed by atoms with Gasteiger partial charge in [-0.1, -0.05) is 24.3 Å². The van der Waals surface area contributed by atoms with Crippen LogP contribution >= 0.6 is 0 Å². The van der Waals surface area contributed by atoms with Crippen LogP contribution in [0.3, 0.4) is 0 Å². The number of ether oxygens (including phenoxy) is 1. The first-order valence-corrected chi connectivity index (χ1v) is 7.03. The second-order valence-electron chi connectivity index (χ2n) is 5.12. The Kier molecular flexibility index (Phi) is 2.75. The van der Waals surface area contributed by atoms with Gasteiger partial charge < -0.3 is 10.5 Å². The first-order chi connectivity index (χ1) is 10.8. The van der Waals surface area contributed by atoms with E-state index in [4.69, 9.17) is 10.5 Å². The number of aliphatic imine (C=N–C) groups is 1. The molecule has 1 aliphatic heterocycles. The number of methoxy groups -OCH3 is 1. The first-order valence-electron chi connectivity index (χ1n) is 7.03. The molecule has 0 spiro atoms. The van der Waals surface area contributed by atoms with Crippen LogP contribution in [0.15, 0.2) is 53.5 Å². The fourth-order valence-corrected chi connectivity index (χ4v) is 2.87. The number of rotatable bonds is 2. The first kappa shape index (κ1) is 12.7. The number of nitrogens with one attached hydrogen (secondary N) is 2. The number of imidazole rings is 1. The van der Waals surface area contributed by atoms with E-state index in [1.165, 1.54) is 0 Å². The van der Waals surface area contributed by atoms with Crippen molar-refractivity contribution in [2.75, 3.05) is 12.4 Å². The maximum Gasteiger partial charge on any atom is 0.365 e. The van der Waals surface area contributed by atoms with E-state index in [2.05, 4.69) is 25.9 Å². The number of fused-ring (bicyclic) bond motifs is 3. The molecule has 4 rings (SSSR count). The third kappa shape index (κ3) is 1.81. The summed E-state index contributed by atoms with van der Waals surface area (Å²) in [5, 5.41) is 3.08. The number of anilines is 1. The summed E-state index contributed by atoms with van der Waals surface area (Å²) in [6.45, 7) is 0. The van der Waals surface area contributed by atoms with Crippen LogP contribution in [-0.4, -0.2) is 18.1 Å². The normalized spacial score (nSPS) is 16.8. The lowest BCUT2D eigenvalue weighted by Gasteiger charge is -2.19. The summed E-state index contributed by atoms with van der Waals surface area (Å²) in [6, 6.07) is 15.9. The highest BCUT2D eigenvalue weighted by Crippen LogP contribution is 2.29. The molecule has 0 amide bonds. The standard InChI is InChI=1S/C16H15N5O/c1-22-13-9-5-2-6-10(13)14-19-15(17)20-16-18-11-7-3-4-8-12(11)21(14)16/h2-9,14H,1H3,(H3,17,18,19,20)/p+1/t14-/m0/s1. The zero-order valence-corrected chi connectivity index (χ0v) is 12.1. The summed E-state index contributed by atoms with van der Waals surface area (Å²) in [5.74, 6) is 1.97. The molecule has 0 bridgehead atoms. The molecule has 0 fully saturated rings. The summed E-state index contributed by atoms with van der Waals surface area (Å²) in [4.78, 5) is 7.90. The van der Waals surface area contributed by atoms with Gasteiger partial charge in [-0.25, -0.2) is 14.9 Å². The minimum atomic E-state index is -0.274. The van der Waals surface area contributed by atoms with E-state index in [-0.39, 0.29) is 6.17 Å². The maximum absolute atomic E-state index is 5.96. The van der Waals surface area contributed by atoms with Crippen molar-refractivity contribution in [2.45, 2.75) is 6.17 Å². The number of benzene rings is 2. The van der Waals surface area contributed by atoms with Crippen molar-refractivity contribution >= 4 is 22.9 Å². The summed E-state index contributed by atoms with van der Waals surface area (Å²) < 4.78 is 7.57. The summed E-state index contributed by atoms with van der Waals surface area (Å²) in [6.07, 6.45) is -0.274. The van der Waals surface area contributed by atoms with E-state index in [1.807, 2.05) is 42.5 Å². The van der Waals surface area contributed by atoms with Gasteiger partial charge in [0.2, 0.25) is 6.17 Å². The number of aromatic nitrogens is 2. The average molecular weight is 294 g/mol.